The number of pyridine rings is 1. The van der Waals surface area contributed by atoms with Gasteiger partial charge in [-0.25, -0.2) is 4.98 Å². The molecule has 0 aliphatic carbocycles. The van der Waals surface area contributed by atoms with Crippen molar-refractivity contribution in [2.24, 2.45) is 17.6 Å². The Labute approximate surface area is 195 Å². The van der Waals surface area contributed by atoms with Crippen molar-refractivity contribution in [3.05, 3.63) is 28.7 Å². The summed E-state index contributed by atoms with van der Waals surface area (Å²) >= 11 is 0. The van der Waals surface area contributed by atoms with Crippen LogP contribution in [-0.2, 0) is 0 Å². The Kier molecular flexibility index (Phi) is 8.29. The molecular formula is C24H37N5O4. The van der Waals surface area contributed by atoms with Crippen molar-refractivity contribution in [3.63, 3.8) is 0 Å². The van der Waals surface area contributed by atoms with Gasteiger partial charge in [-0.15, -0.1) is 0 Å². The van der Waals surface area contributed by atoms with Crippen LogP contribution in [0.4, 0.5) is 6.01 Å². The zero-order valence-corrected chi connectivity index (χ0v) is 20.4. The number of piperidine rings is 1. The fourth-order valence-electron chi connectivity index (χ4n) is 4.24. The summed E-state index contributed by atoms with van der Waals surface area (Å²) in [6, 6.07) is 2.32. The predicted octanol–water partition coefficient (Wildman–Crippen LogP) is 3.41. The molecule has 182 valence electrons. The highest BCUT2D eigenvalue weighted by atomic mass is 16.5. The summed E-state index contributed by atoms with van der Waals surface area (Å²) in [5.74, 6) is 1.84. The lowest BCUT2D eigenvalue weighted by molar-refractivity contribution is 0.0999. The number of aromatic nitrogens is 3. The molecule has 3 heterocycles. The molecule has 2 aromatic rings. The molecule has 0 spiro atoms. The van der Waals surface area contributed by atoms with Crippen molar-refractivity contribution in [1.82, 2.24) is 15.1 Å². The van der Waals surface area contributed by atoms with E-state index in [0.29, 0.717) is 47.2 Å². The van der Waals surface area contributed by atoms with Gasteiger partial charge in [-0.05, 0) is 44.1 Å². The van der Waals surface area contributed by atoms with Crippen LogP contribution < -0.4 is 15.4 Å². The number of primary amides is 1. The van der Waals surface area contributed by atoms with E-state index >= 15 is 0 Å². The molecule has 0 aromatic carbocycles. The molecule has 1 saturated heterocycles. The standard InChI is InChI=1S/C24H37N5O4/c1-14(2)22-27-24(33-28-22)29-9-6-18(7-10-29)15(3)8-11-32-23-19(16(4)13-30)12-20(21(25)31)17(5)26-23/h12,14-16,18,30H,6-11,13H2,1-5H3,(H2,25,31)/t15-,16+/m1/s1. The van der Waals surface area contributed by atoms with Crippen LogP contribution in [0, 0.1) is 18.8 Å². The van der Waals surface area contributed by atoms with E-state index in [4.69, 9.17) is 15.0 Å². The zero-order valence-electron chi connectivity index (χ0n) is 20.4. The van der Waals surface area contributed by atoms with E-state index in [1.807, 2.05) is 6.92 Å². The summed E-state index contributed by atoms with van der Waals surface area (Å²) in [5.41, 5.74) is 7.06. The molecule has 0 saturated carbocycles. The van der Waals surface area contributed by atoms with Gasteiger partial charge in [0.2, 0.25) is 5.88 Å². The van der Waals surface area contributed by atoms with Crippen LogP contribution in [0.25, 0.3) is 0 Å². The minimum atomic E-state index is -0.529. The first kappa shape index (κ1) is 25.0. The molecule has 9 nitrogen and oxygen atoms in total. The second-order valence-electron chi connectivity index (χ2n) is 9.49. The SMILES string of the molecule is Cc1nc(OCC[C@@H](C)C2CCN(c3nc(C(C)C)no3)CC2)c([C@@H](C)CO)cc1C(N)=O. The molecule has 3 N–H and O–H groups in total. The first-order valence-corrected chi connectivity index (χ1v) is 11.8. The monoisotopic (exact) mass is 459 g/mol. The third kappa shape index (κ3) is 6.01. The van der Waals surface area contributed by atoms with Crippen LogP contribution in [-0.4, -0.2) is 52.4 Å². The van der Waals surface area contributed by atoms with Crippen LogP contribution in [0.5, 0.6) is 5.88 Å². The lowest BCUT2D eigenvalue weighted by Gasteiger charge is -2.33. The molecule has 1 amide bonds. The Morgan fingerprint density at radius 1 is 1.27 bits per heavy atom. The molecule has 0 radical (unpaired) electrons. The number of aliphatic hydroxyl groups is 1. The van der Waals surface area contributed by atoms with Gasteiger partial charge in [0.05, 0.1) is 17.9 Å². The maximum absolute atomic E-state index is 11.7. The maximum atomic E-state index is 11.7. The minimum absolute atomic E-state index is 0.0625. The number of rotatable bonds is 10. The highest BCUT2D eigenvalue weighted by Crippen LogP contribution is 2.31. The number of carbonyl (C=O) groups excluding carboxylic acids is 1. The van der Waals surface area contributed by atoms with Gasteiger partial charge < -0.3 is 25.0 Å². The Bertz CT molecular complexity index is 937. The van der Waals surface area contributed by atoms with Gasteiger partial charge >= 0.3 is 6.01 Å². The van der Waals surface area contributed by atoms with Gasteiger partial charge in [-0.1, -0.05) is 32.9 Å². The summed E-state index contributed by atoms with van der Waals surface area (Å²) in [4.78, 5) is 22.8. The van der Waals surface area contributed by atoms with Gasteiger partial charge in [-0.3, -0.25) is 4.79 Å². The molecule has 33 heavy (non-hydrogen) atoms. The van der Waals surface area contributed by atoms with Gasteiger partial charge in [0.15, 0.2) is 5.82 Å². The van der Waals surface area contributed by atoms with E-state index in [9.17, 15) is 9.90 Å². The van der Waals surface area contributed by atoms with Crippen LogP contribution in [0.3, 0.4) is 0 Å². The van der Waals surface area contributed by atoms with Gasteiger partial charge in [0.25, 0.3) is 5.91 Å². The molecule has 1 aliphatic rings. The van der Waals surface area contributed by atoms with Crippen molar-refractivity contribution in [2.75, 3.05) is 31.2 Å². The Morgan fingerprint density at radius 3 is 2.55 bits per heavy atom. The minimum Gasteiger partial charge on any atom is -0.477 e. The summed E-state index contributed by atoms with van der Waals surface area (Å²) in [6.45, 7) is 12.3. The Balaban J connectivity index is 1.54. The lowest BCUT2D eigenvalue weighted by atomic mass is 9.84. The van der Waals surface area contributed by atoms with Gasteiger partial charge in [0.1, 0.15) is 0 Å². The van der Waals surface area contributed by atoms with Crippen molar-refractivity contribution in [1.29, 1.82) is 0 Å². The maximum Gasteiger partial charge on any atom is 0.324 e. The molecule has 2 aromatic heterocycles. The van der Waals surface area contributed by atoms with E-state index in [-0.39, 0.29) is 18.4 Å². The van der Waals surface area contributed by atoms with Crippen LogP contribution in [0.2, 0.25) is 0 Å². The van der Waals surface area contributed by atoms with Gasteiger partial charge in [-0.2, -0.15) is 4.98 Å². The number of ether oxygens (including phenoxy) is 1. The van der Waals surface area contributed by atoms with E-state index in [1.165, 1.54) is 0 Å². The molecule has 0 bridgehead atoms. The number of carbonyl (C=O) groups is 1. The van der Waals surface area contributed by atoms with Crippen molar-refractivity contribution in [3.8, 4) is 5.88 Å². The second kappa shape index (κ2) is 11.0. The van der Waals surface area contributed by atoms with Crippen LogP contribution in [0.15, 0.2) is 10.6 Å². The Hall–Kier alpha value is -2.68. The molecule has 1 fully saturated rings. The highest BCUT2D eigenvalue weighted by molar-refractivity contribution is 5.94. The molecule has 2 atom stereocenters. The summed E-state index contributed by atoms with van der Waals surface area (Å²) in [6.07, 6.45) is 3.03. The average Bonchev–Trinajstić information content (AvgIpc) is 3.29. The van der Waals surface area contributed by atoms with E-state index in [1.54, 1.807) is 13.0 Å². The molecule has 0 unspecified atom stereocenters. The lowest BCUT2D eigenvalue weighted by Crippen LogP contribution is -2.36. The smallest absolute Gasteiger partial charge is 0.324 e. The third-order valence-electron chi connectivity index (χ3n) is 6.65. The van der Waals surface area contributed by atoms with Crippen LogP contribution >= 0.6 is 0 Å². The normalized spacial score (nSPS) is 16.8. The number of hydrogen-bond donors (Lipinski definition) is 2. The molecule has 1 aliphatic heterocycles. The fourth-order valence-corrected chi connectivity index (χ4v) is 4.24. The zero-order chi connectivity index (χ0) is 24.1. The van der Waals surface area contributed by atoms with Crippen LogP contribution in [0.1, 0.15) is 86.2 Å². The first-order chi connectivity index (χ1) is 15.7. The van der Waals surface area contributed by atoms with Crippen molar-refractivity contribution >= 4 is 11.9 Å². The molecular weight excluding hydrogens is 422 g/mol. The Morgan fingerprint density at radius 2 is 1.97 bits per heavy atom. The molecule has 9 heteroatoms. The van der Waals surface area contributed by atoms with E-state index < -0.39 is 5.91 Å². The second-order valence-corrected chi connectivity index (χ2v) is 9.49. The number of aliphatic hydroxyl groups excluding tert-OH is 1. The topological polar surface area (TPSA) is 128 Å². The van der Waals surface area contributed by atoms with E-state index in [0.717, 1.165) is 38.2 Å². The van der Waals surface area contributed by atoms with E-state index in [2.05, 4.69) is 40.8 Å². The van der Waals surface area contributed by atoms with Crippen molar-refractivity contribution < 1.29 is 19.2 Å². The molecule has 3 rings (SSSR count). The summed E-state index contributed by atoms with van der Waals surface area (Å²) in [5, 5.41) is 13.7. The fraction of sp³-hybridized carbons (Fsp3) is 0.667. The number of nitrogens with zero attached hydrogens (tertiary/aromatic N) is 4. The predicted molar refractivity (Wildman–Crippen MR) is 126 cm³/mol. The number of nitrogens with two attached hydrogens (primary N) is 1. The van der Waals surface area contributed by atoms with Crippen molar-refractivity contribution in [2.45, 2.75) is 65.7 Å². The average molecular weight is 460 g/mol. The summed E-state index contributed by atoms with van der Waals surface area (Å²) in [7, 11) is 0. The first-order valence-electron chi connectivity index (χ1n) is 11.8. The number of hydrogen-bond acceptors (Lipinski definition) is 8. The summed E-state index contributed by atoms with van der Waals surface area (Å²) < 4.78 is 11.5. The van der Waals surface area contributed by atoms with Gasteiger partial charge in [0, 0.05) is 37.1 Å². The third-order valence-corrected chi connectivity index (χ3v) is 6.65. The number of amides is 1. The quantitative estimate of drug-likeness (QED) is 0.553. The number of aryl methyl sites for hydroxylation is 1. The largest absolute Gasteiger partial charge is 0.477 e. The highest BCUT2D eigenvalue weighted by Gasteiger charge is 2.27. The number of anilines is 1.